The van der Waals surface area contributed by atoms with Crippen molar-refractivity contribution < 1.29 is 33.8 Å². The Morgan fingerprint density at radius 2 is 1.53 bits per heavy atom. The van der Waals surface area contributed by atoms with Crippen molar-refractivity contribution in [3.05, 3.63) is 77.9 Å². The Balaban J connectivity index is 1.12. The van der Waals surface area contributed by atoms with E-state index in [2.05, 4.69) is 15.5 Å². The van der Waals surface area contributed by atoms with Crippen molar-refractivity contribution in [1.29, 1.82) is 0 Å². The van der Waals surface area contributed by atoms with Gasteiger partial charge in [-0.1, -0.05) is 55.0 Å². The lowest BCUT2D eigenvalue weighted by Gasteiger charge is -2.34. The molecule has 13 nitrogen and oxygen atoms in total. The Morgan fingerprint density at radius 1 is 0.828 bits per heavy atom. The molecule has 3 aromatic carbocycles. The van der Waals surface area contributed by atoms with Gasteiger partial charge in [-0.25, -0.2) is 9.59 Å². The van der Waals surface area contributed by atoms with Gasteiger partial charge in [-0.15, -0.1) is 0 Å². The van der Waals surface area contributed by atoms with Crippen LogP contribution in [-0.4, -0.2) is 128 Å². The van der Waals surface area contributed by atoms with Gasteiger partial charge >= 0.3 is 12.2 Å². The number of carboxylic acid groups (broad SMARTS) is 1. The number of rotatable bonds is 19. The minimum Gasteiger partial charge on any atom is -0.496 e. The smallest absolute Gasteiger partial charge is 0.410 e. The van der Waals surface area contributed by atoms with Crippen LogP contribution in [0.3, 0.4) is 0 Å². The highest BCUT2D eigenvalue weighted by Gasteiger charge is 2.26. The summed E-state index contributed by atoms with van der Waals surface area (Å²) in [7, 11) is 6.85. The van der Waals surface area contributed by atoms with Crippen molar-refractivity contribution in [1.82, 2.24) is 19.6 Å². The summed E-state index contributed by atoms with van der Waals surface area (Å²) in [6, 6.07) is 21.4. The number of carbonyl (C=O) groups is 4. The van der Waals surface area contributed by atoms with Gasteiger partial charge in [0.15, 0.2) is 0 Å². The van der Waals surface area contributed by atoms with Crippen LogP contribution in [0.5, 0.6) is 5.75 Å². The second kappa shape index (κ2) is 22.0. The zero-order chi connectivity index (χ0) is 42.2. The lowest BCUT2D eigenvalue weighted by atomic mass is 9.86. The van der Waals surface area contributed by atoms with Crippen LogP contribution in [0, 0.1) is 0 Å². The molecule has 3 N–H and O–H groups in total. The number of ether oxygens (including phenoxy) is 2. The first-order chi connectivity index (χ1) is 27.7. The lowest BCUT2D eigenvalue weighted by Crippen LogP contribution is -2.40. The fraction of sp³-hybridized carbons (Fsp3) is 0.511. The van der Waals surface area contributed by atoms with Crippen LogP contribution in [-0.2, 0) is 9.53 Å². The summed E-state index contributed by atoms with van der Waals surface area (Å²) < 4.78 is 11.0. The van der Waals surface area contributed by atoms with E-state index in [4.69, 9.17) is 9.47 Å². The van der Waals surface area contributed by atoms with Gasteiger partial charge in [-0.2, -0.15) is 0 Å². The van der Waals surface area contributed by atoms with E-state index in [9.17, 15) is 24.3 Å². The standard InChI is InChI=1S/C45H64N6O7/c1-45(2,3)58-44(56)50(6)27-15-26-49(5)42(53)38-22-21-35(32-39(38)57-7)46-25-13-9-12-20-40(52)48(4)30-31-51-28-23-34(24-29-51)37-19-14-18-36(41(37)47-43(54)55)33-16-10-8-11-17-33/h8,10-11,14,16-19,21-22,32,34,46-47H,9,12-13,15,20,23-31H2,1-7H3,(H,54,55). The molecule has 3 aromatic rings. The first kappa shape index (κ1) is 45.4. The van der Waals surface area contributed by atoms with Gasteiger partial charge in [0.1, 0.15) is 11.4 Å². The van der Waals surface area contributed by atoms with Crippen LogP contribution in [0.2, 0.25) is 0 Å². The van der Waals surface area contributed by atoms with Crippen LogP contribution in [0.4, 0.5) is 21.0 Å². The summed E-state index contributed by atoms with van der Waals surface area (Å²) in [5.74, 6) is 0.724. The number of para-hydroxylation sites is 1. The summed E-state index contributed by atoms with van der Waals surface area (Å²) in [6.07, 6.45) is 4.11. The average Bonchev–Trinajstić information content (AvgIpc) is 3.20. The van der Waals surface area contributed by atoms with Crippen LogP contribution >= 0.6 is 0 Å². The zero-order valence-electron chi connectivity index (χ0n) is 35.5. The summed E-state index contributed by atoms with van der Waals surface area (Å²) in [6.45, 7) is 10.4. The number of anilines is 2. The molecule has 316 valence electrons. The van der Waals surface area contributed by atoms with Crippen LogP contribution in [0.25, 0.3) is 11.1 Å². The van der Waals surface area contributed by atoms with Crippen molar-refractivity contribution in [3.63, 3.8) is 0 Å². The van der Waals surface area contributed by atoms with Gasteiger partial charge in [0, 0.05) is 77.6 Å². The van der Waals surface area contributed by atoms with E-state index in [1.165, 1.54) is 4.90 Å². The van der Waals surface area contributed by atoms with E-state index in [0.717, 1.165) is 80.7 Å². The average molecular weight is 801 g/mol. The third-order valence-corrected chi connectivity index (χ3v) is 10.5. The third kappa shape index (κ3) is 14.0. The van der Waals surface area contributed by atoms with E-state index in [0.29, 0.717) is 49.5 Å². The number of hydrogen-bond acceptors (Lipinski definition) is 8. The number of nitrogens with zero attached hydrogens (tertiary/aromatic N) is 4. The molecule has 0 radical (unpaired) electrons. The van der Waals surface area contributed by atoms with Crippen molar-refractivity contribution in [2.24, 2.45) is 0 Å². The quantitative estimate of drug-likeness (QED) is 0.103. The Kier molecular flexibility index (Phi) is 17.2. The number of unbranched alkanes of at least 4 members (excludes halogenated alkanes) is 2. The van der Waals surface area contributed by atoms with Crippen molar-refractivity contribution in [2.45, 2.75) is 77.2 Å². The number of likely N-dealkylation sites (tertiary alicyclic amines) is 1. The molecule has 0 saturated carbocycles. The maximum Gasteiger partial charge on any atom is 0.410 e. The monoisotopic (exact) mass is 800 g/mol. The molecule has 0 aromatic heterocycles. The Morgan fingerprint density at radius 3 is 2.21 bits per heavy atom. The van der Waals surface area contributed by atoms with Crippen LogP contribution in [0.15, 0.2) is 66.7 Å². The lowest BCUT2D eigenvalue weighted by molar-refractivity contribution is -0.130. The predicted octanol–water partition coefficient (Wildman–Crippen LogP) is 8.09. The molecular formula is C45H64N6O7. The molecule has 4 rings (SSSR count). The molecule has 0 unspecified atom stereocenters. The van der Waals surface area contributed by atoms with Gasteiger partial charge in [0.05, 0.1) is 18.4 Å². The number of methoxy groups -OCH3 is 1. The highest BCUT2D eigenvalue weighted by atomic mass is 16.6. The molecule has 1 aliphatic heterocycles. The first-order valence-electron chi connectivity index (χ1n) is 20.4. The fourth-order valence-corrected chi connectivity index (χ4v) is 7.16. The maximum atomic E-state index is 13.2. The van der Waals surface area contributed by atoms with Gasteiger partial charge in [0.2, 0.25) is 5.91 Å². The molecule has 0 bridgehead atoms. The van der Waals surface area contributed by atoms with Gasteiger partial charge in [-0.3, -0.25) is 14.9 Å². The number of nitrogens with one attached hydrogen (secondary N) is 2. The predicted molar refractivity (Wildman–Crippen MR) is 230 cm³/mol. The van der Waals surface area contributed by atoms with Gasteiger partial charge in [-0.05, 0) is 95.1 Å². The van der Waals surface area contributed by atoms with E-state index in [1.54, 1.807) is 32.2 Å². The number of piperidine rings is 1. The molecular weight excluding hydrogens is 737 g/mol. The molecule has 4 amide bonds. The fourth-order valence-electron chi connectivity index (χ4n) is 7.16. The first-order valence-corrected chi connectivity index (χ1v) is 20.4. The number of hydrogen-bond donors (Lipinski definition) is 3. The molecule has 0 atom stereocenters. The number of benzene rings is 3. The van der Waals surface area contributed by atoms with Gasteiger partial charge in [0.25, 0.3) is 5.91 Å². The SMILES string of the molecule is COc1cc(NCCCCCC(=O)N(C)CCN2CCC(c3cccc(-c4ccccc4)c3NC(=O)O)CC2)ccc1C(=O)N(C)CCCN(C)C(=O)OC(C)(C)C. The second-order valence-corrected chi connectivity index (χ2v) is 16.1. The summed E-state index contributed by atoms with van der Waals surface area (Å²) in [5.41, 5.74) is 4.34. The molecule has 58 heavy (non-hydrogen) atoms. The number of likely N-dealkylation sites (N-methyl/N-ethyl adjacent to an activating group) is 1. The van der Waals surface area contributed by atoms with Crippen LogP contribution < -0.4 is 15.4 Å². The maximum absolute atomic E-state index is 13.2. The van der Waals surface area contributed by atoms with Crippen molar-refractivity contribution >= 4 is 35.4 Å². The summed E-state index contributed by atoms with van der Waals surface area (Å²) in [5, 5.41) is 15.7. The summed E-state index contributed by atoms with van der Waals surface area (Å²) >= 11 is 0. The molecule has 1 aliphatic rings. The van der Waals surface area contributed by atoms with E-state index >= 15 is 0 Å². The Labute approximate surface area is 344 Å². The molecule has 1 heterocycles. The summed E-state index contributed by atoms with van der Waals surface area (Å²) in [4.78, 5) is 57.5. The molecule has 1 saturated heterocycles. The Hall–Kier alpha value is -5.30. The number of amides is 4. The number of carbonyl (C=O) groups excluding carboxylic acids is 3. The topological polar surface area (TPSA) is 144 Å². The highest BCUT2D eigenvalue weighted by Crippen LogP contribution is 2.39. The largest absolute Gasteiger partial charge is 0.496 e. The molecule has 13 heteroatoms. The minimum absolute atomic E-state index is 0.148. The molecule has 0 aliphatic carbocycles. The van der Waals surface area contributed by atoms with E-state index in [1.807, 2.05) is 93.4 Å². The van der Waals surface area contributed by atoms with Crippen LogP contribution in [0.1, 0.15) is 87.6 Å². The third-order valence-electron chi connectivity index (χ3n) is 10.5. The van der Waals surface area contributed by atoms with Gasteiger partial charge < -0.3 is 39.5 Å². The van der Waals surface area contributed by atoms with Crippen molar-refractivity contribution in [2.75, 3.05) is 84.7 Å². The minimum atomic E-state index is -1.06. The second-order valence-electron chi connectivity index (χ2n) is 16.1. The van der Waals surface area contributed by atoms with Crippen molar-refractivity contribution in [3.8, 4) is 16.9 Å². The molecule has 1 fully saturated rings. The normalized spacial score (nSPS) is 13.4. The molecule has 0 spiro atoms. The highest BCUT2D eigenvalue weighted by molar-refractivity contribution is 5.97. The van der Waals surface area contributed by atoms with E-state index < -0.39 is 11.7 Å². The zero-order valence-corrected chi connectivity index (χ0v) is 35.5. The Bertz CT molecular complexity index is 1810. The van der Waals surface area contributed by atoms with E-state index in [-0.39, 0.29) is 23.8 Å².